The molecule has 0 radical (unpaired) electrons. The molecule has 0 spiro atoms. The van der Waals surface area contributed by atoms with Gasteiger partial charge in [0.2, 0.25) is 0 Å². The summed E-state index contributed by atoms with van der Waals surface area (Å²) in [4.78, 5) is 2.50. The summed E-state index contributed by atoms with van der Waals surface area (Å²) in [5, 5.41) is 4.33. The van der Waals surface area contributed by atoms with Crippen LogP contribution < -0.4 is 0 Å². The van der Waals surface area contributed by atoms with Gasteiger partial charge in [0.15, 0.2) is 0 Å². The van der Waals surface area contributed by atoms with Crippen LogP contribution in [0.4, 0.5) is 0 Å². The molecular weight excluding hydrogens is 326 g/mol. The average molecular weight is 356 g/mol. The lowest BCUT2D eigenvalue weighted by molar-refractivity contribution is 0.129. The van der Waals surface area contributed by atoms with Gasteiger partial charge in [-0.25, -0.2) is 0 Å². The molecule has 1 aromatic rings. The zero-order valence-corrected chi connectivity index (χ0v) is 15.7. The van der Waals surface area contributed by atoms with E-state index in [-0.39, 0.29) is 0 Å². The topological polar surface area (TPSA) is 61.7 Å². The van der Waals surface area contributed by atoms with Crippen molar-refractivity contribution in [3.05, 3.63) is 18.0 Å². The Morgan fingerprint density at radius 2 is 2.00 bits per heavy atom. The first kappa shape index (κ1) is 17.8. The highest BCUT2D eigenvalue weighted by Gasteiger charge is 2.39. The molecule has 0 unspecified atom stereocenters. The largest absolute Gasteiger partial charge is 0.299 e. The fraction of sp³-hybridized carbons (Fsp3) is 0.812. The van der Waals surface area contributed by atoms with E-state index in [0.29, 0.717) is 25.0 Å². The highest BCUT2D eigenvalue weighted by Crippen LogP contribution is 2.29. The van der Waals surface area contributed by atoms with Crippen LogP contribution in [-0.2, 0) is 16.8 Å². The third-order valence-corrected chi connectivity index (χ3v) is 7.05. The maximum Gasteiger partial charge on any atom is 0.281 e. The highest BCUT2D eigenvalue weighted by atomic mass is 32.2. The Hall–Kier alpha value is -0.960. The monoisotopic (exact) mass is 355 g/mol. The van der Waals surface area contributed by atoms with Crippen LogP contribution in [0.15, 0.2) is 12.4 Å². The normalized spacial score (nSPS) is 26.2. The number of rotatable bonds is 6. The summed E-state index contributed by atoms with van der Waals surface area (Å²) in [5.41, 5.74) is 1.19. The summed E-state index contributed by atoms with van der Waals surface area (Å²) >= 11 is 0. The lowest BCUT2D eigenvalue weighted by Gasteiger charge is -2.36. The summed E-state index contributed by atoms with van der Waals surface area (Å²) < 4.78 is 30.0. The van der Waals surface area contributed by atoms with Crippen molar-refractivity contribution in [1.82, 2.24) is 23.3 Å². The molecule has 136 valence electrons. The number of piperidine rings is 1. The molecular formula is C16H29N5O2S. The maximum atomic E-state index is 12.5. The Bertz CT molecular complexity index is 657. The van der Waals surface area contributed by atoms with E-state index in [1.54, 1.807) is 18.4 Å². The van der Waals surface area contributed by atoms with Crippen molar-refractivity contribution >= 4 is 10.2 Å². The fourth-order valence-corrected chi connectivity index (χ4v) is 5.08. The molecule has 0 amide bonds. The van der Waals surface area contributed by atoms with Crippen molar-refractivity contribution < 1.29 is 8.42 Å². The molecule has 2 atom stereocenters. The second-order valence-corrected chi connectivity index (χ2v) is 9.48. The van der Waals surface area contributed by atoms with E-state index in [4.69, 9.17) is 0 Å². The average Bonchev–Trinajstić information content (AvgIpc) is 2.73. The van der Waals surface area contributed by atoms with Gasteiger partial charge in [0.1, 0.15) is 0 Å². The molecule has 0 N–H and O–H groups in total. The van der Waals surface area contributed by atoms with Gasteiger partial charge in [-0.1, -0.05) is 0 Å². The van der Waals surface area contributed by atoms with E-state index in [9.17, 15) is 8.42 Å². The molecule has 0 aromatic carbocycles. The van der Waals surface area contributed by atoms with Crippen LogP contribution in [0.3, 0.4) is 0 Å². The Morgan fingerprint density at radius 3 is 2.67 bits per heavy atom. The van der Waals surface area contributed by atoms with Gasteiger partial charge < -0.3 is 0 Å². The standard InChI is InChI=1S/C16H29N5O2S/c1-14-9-17-20(10-14)8-4-7-19-11-15-5-6-16(19)13-21(12-15)24(22,23)18(2)3/h9-10,15-16H,4-8,11-13H2,1-3H3/t15-,16-/m1/s1. The molecule has 1 aromatic heterocycles. The van der Waals surface area contributed by atoms with Crippen molar-refractivity contribution in [2.75, 3.05) is 40.3 Å². The third-order valence-electron chi connectivity index (χ3n) is 5.18. The lowest BCUT2D eigenvalue weighted by atomic mass is 9.95. The second kappa shape index (κ2) is 7.11. The van der Waals surface area contributed by atoms with Gasteiger partial charge in [-0.05, 0) is 37.7 Å². The minimum absolute atomic E-state index is 0.345. The molecule has 3 aliphatic heterocycles. The second-order valence-electron chi connectivity index (χ2n) is 7.33. The van der Waals surface area contributed by atoms with Crippen LogP contribution in [0, 0.1) is 12.8 Å². The molecule has 4 rings (SSSR count). The number of hydrogen-bond acceptors (Lipinski definition) is 4. The molecule has 3 fully saturated rings. The SMILES string of the molecule is Cc1cnn(CCCN2C[C@H]3CC[C@@H]2CN(S(=O)(=O)N(C)C)C3)c1. The Kier molecular flexibility index (Phi) is 5.29. The van der Waals surface area contributed by atoms with Crippen LogP contribution in [0.25, 0.3) is 0 Å². The zero-order chi connectivity index (χ0) is 17.3. The van der Waals surface area contributed by atoms with Gasteiger partial charge in [0, 0.05) is 59.1 Å². The lowest BCUT2D eigenvalue weighted by Crippen LogP contribution is -2.46. The van der Waals surface area contributed by atoms with Crippen LogP contribution >= 0.6 is 0 Å². The molecule has 0 saturated carbocycles. The van der Waals surface area contributed by atoms with E-state index >= 15 is 0 Å². The highest BCUT2D eigenvalue weighted by molar-refractivity contribution is 7.86. The first-order chi connectivity index (χ1) is 11.4. The van der Waals surface area contributed by atoms with E-state index in [1.165, 1.54) is 9.87 Å². The molecule has 0 aliphatic carbocycles. The molecule has 4 heterocycles. The van der Waals surface area contributed by atoms with Crippen LogP contribution in [0.1, 0.15) is 24.8 Å². The van der Waals surface area contributed by atoms with Crippen LogP contribution in [0.2, 0.25) is 0 Å². The van der Waals surface area contributed by atoms with Crippen LogP contribution in [0.5, 0.6) is 0 Å². The van der Waals surface area contributed by atoms with Gasteiger partial charge in [0.05, 0.1) is 6.20 Å². The number of fused-ring (bicyclic) bond motifs is 4. The van der Waals surface area contributed by atoms with E-state index in [0.717, 1.165) is 38.9 Å². The molecule has 2 bridgehead atoms. The van der Waals surface area contributed by atoms with Crippen molar-refractivity contribution in [3.8, 4) is 0 Å². The first-order valence-electron chi connectivity index (χ1n) is 8.77. The molecule has 7 nitrogen and oxygen atoms in total. The van der Waals surface area contributed by atoms with Gasteiger partial charge in [0.25, 0.3) is 10.2 Å². The quantitative estimate of drug-likeness (QED) is 0.757. The Labute approximate surface area is 145 Å². The van der Waals surface area contributed by atoms with Crippen LogP contribution in [-0.4, -0.2) is 78.0 Å². The minimum atomic E-state index is -3.31. The van der Waals surface area contributed by atoms with Gasteiger partial charge in [-0.3, -0.25) is 9.58 Å². The maximum absolute atomic E-state index is 12.5. The van der Waals surface area contributed by atoms with Crippen molar-refractivity contribution in [2.45, 2.75) is 38.8 Å². The predicted octanol–water partition coefficient (Wildman–Crippen LogP) is 0.784. The number of aryl methyl sites for hydroxylation is 2. The number of nitrogens with zero attached hydrogens (tertiary/aromatic N) is 5. The zero-order valence-electron chi connectivity index (χ0n) is 14.9. The number of hydrogen-bond donors (Lipinski definition) is 0. The van der Waals surface area contributed by atoms with Gasteiger partial charge in [-0.2, -0.15) is 22.1 Å². The number of aromatic nitrogens is 2. The minimum Gasteiger partial charge on any atom is -0.299 e. The molecule has 24 heavy (non-hydrogen) atoms. The Morgan fingerprint density at radius 1 is 1.21 bits per heavy atom. The smallest absolute Gasteiger partial charge is 0.281 e. The summed E-state index contributed by atoms with van der Waals surface area (Å²) in [6, 6.07) is 0.345. The molecule has 3 aliphatic rings. The van der Waals surface area contributed by atoms with E-state index in [2.05, 4.69) is 23.1 Å². The Balaban J connectivity index is 1.59. The first-order valence-corrected chi connectivity index (χ1v) is 10.2. The molecule has 8 heteroatoms. The van der Waals surface area contributed by atoms with Crippen molar-refractivity contribution in [1.29, 1.82) is 0 Å². The fourth-order valence-electron chi connectivity index (χ4n) is 3.85. The van der Waals surface area contributed by atoms with Gasteiger partial charge in [-0.15, -0.1) is 0 Å². The van der Waals surface area contributed by atoms with E-state index in [1.807, 2.05) is 10.9 Å². The summed E-state index contributed by atoms with van der Waals surface area (Å²) in [7, 11) is -0.0733. The third kappa shape index (κ3) is 3.82. The van der Waals surface area contributed by atoms with Gasteiger partial charge >= 0.3 is 0 Å². The molecule has 3 saturated heterocycles. The predicted molar refractivity (Wildman–Crippen MR) is 93.8 cm³/mol. The summed E-state index contributed by atoms with van der Waals surface area (Å²) in [5.74, 6) is 0.449. The summed E-state index contributed by atoms with van der Waals surface area (Å²) in [6.45, 7) is 6.28. The van der Waals surface area contributed by atoms with E-state index < -0.39 is 10.2 Å². The summed E-state index contributed by atoms with van der Waals surface area (Å²) in [6.07, 6.45) is 7.24. The van der Waals surface area contributed by atoms with Crippen molar-refractivity contribution in [2.24, 2.45) is 5.92 Å². The van der Waals surface area contributed by atoms with Crippen molar-refractivity contribution in [3.63, 3.8) is 0 Å².